The predicted octanol–water partition coefficient (Wildman–Crippen LogP) is 3.75. The van der Waals surface area contributed by atoms with E-state index in [0.29, 0.717) is 17.2 Å². The van der Waals surface area contributed by atoms with Gasteiger partial charge < -0.3 is 10.5 Å². The molecule has 0 bridgehead atoms. The number of amides is 1. The summed E-state index contributed by atoms with van der Waals surface area (Å²) in [6.45, 7) is 0.629. The Balaban J connectivity index is 1.69. The van der Waals surface area contributed by atoms with E-state index in [0.717, 1.165) is 22.8 Å². The van der Waals surface area contributed by atoms with Gasteiger partial charge in [0.1, 0.15) is 5.75 Å². The van der Waals surface area contributed by atoms with Crippen LogP contribution in [-0.4, -0.2) is 18.3 Å². The minimum absolute atomic E-state index is 0.399. The fraction of sp³-hybridized carbons (Fsp3) is 0.188. The average Bonchev–Trinajstić information content (AvgIpc) is 2.47. The van der Waals surface area contributed by atoms with Crippen LogP contribution >= 0.6 is 23.4 Å². The normalized spacial score (nSPS) is 10.3. The van der Waals surface area contributed by atoms with Crippen LogP contribution in [0.2, 0.25) is 5.02 Å². The maximum atomic E-state index is 11.0. The summed E-state index contributed by atoms with van der Waals surface area (Å²) in [6.07, 6.45) is 0. The van der Waals surface area contributed by atoms with E-state index in [-0.39, 0.29) is 0 Å². The molecule has 0 heterocycles. The molecule has 5 heteroatoms. The van der Waals surface area contributed by atoms with Crippen LogP contribution in [0.25, 0.3) is 0 Å². The van der Waals surface area contributed by atoms with Crippen LogP contribution in [-0.2, 0) is 5.75 Å². The molecule has 0 atom stereocenters. The molecule has 0 saturated carbocycles. The molecular formula is C16H16ClNO2S. The molecule has 0 spiro atoms. The number of carbonyl (C=O) groups excluding carboxylic acids is 1. The van der Waals surface area contributed by atoms with Crippen LogP contribution in [0.1, 0.15) is 15.9 Å². The van der Waals surface area contributed by atoms with E-state index < -0.39 is 5.91 Å². The van der Waals surface area contributed by atoms with Crippen LogP contribution in [0.15, 0.2) is 48.5 Å². The number of thioether (sulfide) groups is 1. The number of rotatable bonds is 7. The van der Waals surface area contributed by atoms with Crippen molar-refractivity contribution < 1.29 is 9.53 Å². The lowest BCUT2D eigenvalue weighted by Gasteiger charge is -2.06. The zero-order valence-electron chi connectivity index (χ0n) is 11.4. The maximum Gasteiger partial charge on any atom is 0.248 e. The number of primary amides is 1. The second kappa shape index (κ2) is 7.96. The van der Waals surface area contributed by atoms with Gasteiger partial charge in [0.15, 0.2) is 0 Å². The molecule has 0 aliphatic carbocycles. The summed E-state index contributed by atoms with van der Waals surface area (Å²) in [4.78, 5) is 11.0. The van der Waals surface area contributed by atoms with Gasteiger partial charge in [-0.25, -0.2) is 0 Å². The molecule has 110 valence electrons. The summed E-state index contributed by atoms with van der Waals surface area (Å²) in [5, 5.41) is 0.676. The van der Waals surface area contributed by atoms with Gasteiger partial charge in [-0.2, -0.15) is 11.8 Å². The molecule has 2 aromatic rings. The van der Waals surface area contributed by atoms with Gasteiger partial charge in [-0.3, -0.25) is 4.79 Å². The van der Waals surface area contributed by atoms with E-state index in [1.54, 1.807) is 30.0 Å². The van der Waals surface area contributed by atoms with E-state index >= 15 is 0 Å². The average molecular weight is 322 g/mol. The molecule has 0 aliphatic rings. The SMILES string of the molecule is NC(=O)c1ccc(CSCCOc2cccc(Cl)c2)cc1. The fourth-order valence-corrected chi connectivity index (χ4v) is 2.68. The number of hydrogen-bond donors (Lipinski definition) is 1. The zero-order chi connectivity index (χ0) is 15.1. The molecule has 21 heavy (non-hydrogen) atoms. The van der Waals surface area contributed by atoms with Crippen molar-refractivity contribution in [2.75, 3.05) is 12.4 Å². The standard InChI is InChI=1S/C16H16ClNO2S/c17-14-2-1-3-15(10-14)20-8-9-21-11-12-4-6-13(7-5-12)16(18)19/h1-7,10H,8-9,11H2,(H2,18,19). The van der Waals surface area contributed by atoms with Gasteiger partial charge in [-0.1, -0.05) is 29.8 Å². The van der Waals surface area contributed by atoms with E-state index in [2.05, 4.69) is 0 Å². The van der Waals surface area contributed by atoms with Crippen LogP contribution in [0.3, 0.4) is 0 Å². The van der Waals surface area contributed by atoms with Crippen LogP contribution in [0.5, 0.6) is 5.75 Å². The van der Waals surface area contributed by atoms with Gasteiger partial charge in [0, 0.05) is 22.1 Å². The monoisotopic (exact) mass is 321 g/mol. The Morgan fingerprint density at radius 3 is 2.62 bits per heavy atom. The second-order valence-electron chi connectivity index (χ2n) is 4.42. The number of halogens is 1. The van der Waals surface area contributed by atoms with E-state index in [9.17, 15) is 4.79 Å². The number of benzene rings is 2. The minimum Gasteiger partial charge on any atom is -0.493 e. The first-order chi connectivity index (χ1) is 10.1. The Hall–Kier alpha value is -1.65. The predicted molar refractivity (Wildman–Crippen MR) is 88.1 cm³/mol. The Labute approximate surface area is 133 Å². The number of nitrogens with two attached hydrogens (primary N) is 1. The summed E-state index contributed by atoms with van der Waals surface area (Å²) in [5.74, 6) is 2.14. The number of carbonyl (C=O) groups is 1. The van der Waals surface area contributed by atoms with Crippen molar-refractivity contribution in [3.8, 4) is 5.75 Å². The summed E-state index contributed by atoms with van der Waals surface area (Å²) in [7, 11) is 0. The number of ether oxygens (including phenoxy) is 1. The summed E-state index contributed by atoms with van der Waals surface area (Å²) >= 11 is 7.65. The van der Waals surface area contributed by atoms with E-state index in [1.807, 2.05) is 30.3 Å². The molecule has 2 N–H and O–H groups in total. The maximum absolute atomic E-state index is 11.0. The first kappa shape index (κ1) is 15.7. The van der Waals surface area contributed by atoms with Crippen LogP contribution in [0, 0.1) is 0 Å². The number of hydrogen-bond acceptors (Lipinski definition) is 3. The Morgan fingerprint density at radius 2 is 1.95 bits per heavy atom. The highest BCUT2D eigenvalue weighted by molar-refractivity contribution is 7.98. The smallest absolute Gasteiger partial charge is 0.248 e. The first-order valence-electron chi connectivity index (χ1n) is 6.50. The second-order valence-corrected chi connectivity index (χ2v) is 5.96. The first-order valence-corrected chi connectivity index (χ1v) is 8.03. The van der Waals surface area contributed by atoms with Gasteiger partial charge in [-0.05, 0) is 35.9 Å². The van der Waals surface area contributed by atoms with Gasteiger partial charge in [0.2, 0.25) is 5.91 Å². The summed E-state index contributed by atoms with van der Waals surface area (Å²) < 4.78 is 5.61. The Kier molecular flexibility index (Phi) is 5.96. The summed E-state index contributed by atoms with van der Waals surface area (Å²) in [5.41, 5.74) is 6.89. The third kappa shape index (κ3) is 5.33. The molecule has 0 aromatic heterocycles. The quantitative estimate of drug-likeness (QED) is 0.790. The molecule has 1 amide bonds. The third-order valence-corrected chi connectivity index (χ3v) is 4.03. The highest BCUT2D eigenvalue weighted by atomic mass is 35.5. The molecule has 0 aliphatic heterocycles. The van der Waals surface area contributed by atoms with E-state index in [1.165, 1.54) is 0 Å². The molecule has 0 radical (unpaired) electrons. The van der Waals surface area contributed by atoms with Crippen LogP contribution < -0.4 is 10.5 Å². The lowest BCUT2D eigenvalue weighted by atomic mass is 10.1. The zero-order valence-corrected chi connectivity index (χ0v) is 13.0. The molecule has 0 unspecified atom stereocenters. The molecule has 2 rings (SSSR count). The Bertz CT molecular complexity index is 601. The van der Waals surface area contributed by atoms with Crippen LogP contribution in [0.4, 0.5) is 0 Å². The molecule has 2 aromatic carbocycles. The lowest BCUT2D eigenvalue weighted by Crippen LogP contribution is -2.10. The van der Waals surface area contributed by atoms with Crippen molar-refractivity contribution >= 4 is 29.3 Å². The van der Waals surface area contributed by atoms with Crippen molar-refractivity contribution in [3.05, 3.63) is 64.7 Å². The van der Waals surface area contributed by atoms with Gasteiger partial charge in [0.25, 0.3) is 0 Å². The fourth-order valence-electron chi connectivity index (χ4n) is 1.73. The molecular weight excluding hydrogens is 306 g/mol. The third-order valence-electron chi connectivity index (χ3n) is 2.80. The van der Waals surface area contributed by atoms with Crippen molar-refractivity contribution in [3.63, 3.8) is 0 Å². The highest BCUT2D eigenvalue weighted by Gasteiger charge is 2.00. The highest BCUT2D eigenvalue weighted by Crippen LogP contribution is 2.18. The van der Waals surface area contributed by atoms with Crippen molar-refractivity contribution in [1.29, 1.82) is 0 Å². The van der Waals surface area contributed by atoms with Gasteiger partial charge in [-0.15, -0.1) is 0 Å². The lowest BCUT2D eigenvalue weighted by molar-refractivity contribution is 0.100. The van der Waals surface area contributed by atoms with Crippen molar-refractivity contribution in [2.24, 2.45) is 5.73 Å². The molecule has 3 nitrogen and oxygen atoms in total. The van der Waals surface area contributed by atoms with Crippen molar-refractivity contribution in [2.45, 2.75) is 5.75 Å². The minimum atomic E-state index is -0.399. The van der Waals surface area contributed by atoms with Gasteiger partial charge in [0.05, 0.1) is 6.61 Å². The molecule has 0 saturated heterocycles. The largest absolute Gasteiger partial charge is 0.493 e. The summed E-state index contributed by atoms with van der Waals surface area (Å²) in [6, 6.07) is 14.7. The van der Waals surface area contributed by atoms with Crippen molar-refractivity contribution in [1.82, 2.24) is 0 Å². The molecule has 0 fully saturated rings. The van der Waals surface area contributed by atoms with E-state index in [4.69, 9.17) is 22.1 Å². The Morgan fingerprint density at radius 1 is 1.19 bits per heavy atom. The van der Waals surface area contributed by atoms with Gasteiger partial charge >= 0.3 is 0 Å². The topological polar surface area (TPSA) is 52.3 Å².